The third-order valence-electron chi connectivity index (χ3n) is 1.68. The Morgan fingerprint density at radius 3 is 2.19 bits per heavy atom. The van der Waals surface area contributed by atoms with Gasteiger partial charge in [-0.3, -0.25) is 4.79 Å². The molecule has 0 fully saturated rings. The highest BCUT2D eigenvalue weighted by Gasteiger charge is 2.13. The van der Waals surface area contributed by atoms with Gasteiger partial charge in [-0.05, 0) is 20.8 Å². The largest absolute Gasteiger partial charge is 0.466 e. The lowest BCUT2D eigenvalue weighted by atomic mass is 10.1. The molecule has 0 amide bonds. The quantitative estimate of drug-likeness (QED) is 0.423. The van der Waals surface area contributed by atoms with Crippen molar-refractivity contribution in [3.05, 3.63) is 11.6 Å². The van der Waals surface area contributed by atoms with Crippen LogP contribution in [-0.4, -0.2) is 30.9 Å². The smallest absolute Gasteiger partial charge is 0.339 e. The van der Waals surface area contributed by atoms with Crippen molar-refractivity contribution in [3.8, 4) is 0 Å². The van der Waals surface area contributed by atoms with Crippen LogP contribution in [0.2, 0.25) is 0 Å². The summed E-state index contributed by atoms with van der Waals surface area (Å²) in [7, 11) is 0. The normalized spacial score (nSPS) is 10.8. The van der Waals surface area contributed by atoms with Gasteiger partial charge in [0.1, 0.15) is 0 Å². The molecule has 90 valence electrons. The van der Waals surface area contributed by atoms with E-state index in [0.717, 1.165) is 0 Å². The molecule has 16 heavy (non-hydrogen) atoms. The van der Waals surface area contributed by atoms with E-state index >= 15 is 0 Å². The van der Waals surface area contributed by atoms with Crippen molar-refractivity contribution in [1.82, 2.24) is 0 Å². The van der Waals surface area contributed by atoms with E-state index in [-0.39, 0.29) is 24.3 Å². The van der Waals surface area contributed by atoms with Crippen molar-refractivity contribution < 1.29 is 19.1 Å². The van der Waals surface area contributed by atoms with Gasteiger partial charge >= 0.3 is 11.9 Å². The van der Waals surface area contributed by atoms with Crippen LogP contribution in [0.1, 0.15) is 27.2 Å². The first-order valence-corrected chi connectivity index (χ1v) is 5.11. The summed E-state index contributed by atoms with van der Waals surface area (Å²) in [4.78, 5) is 22.4. The van der Waals surface area contributed by atoms with Gasteiger partial charge in [-0.1, -0.05) is 6.08 Å². The predicted octanol–water partition coefficient (Wildman–Crippen LogP) is 1.47. The predicted molar refractivity (Wildman–Crippen MR) is 59.4 cm³/mol. The van der Waals surface area contributed by atoms with Gasteiger partial charge in [0.25, 0.3) is 0 Å². The van der Waals surface area contributed by atoms with Gasteiger partial charge in [-0.2, -0.15) is 0 Å². The van der Waals surface area contributed by atoms with Gasteiger partial charge < -0.3 is 14.9 Å². The molecule has 0 aromatic rings. The van der Waals surface area contributed by atoms with Crippen LogP contribution < -0.4 is 0 Å². The highest BCUT2D eigenvalue weighted by molar-refractivity contribution is 6.17. The van der Waals surface area contributed by atoms with Crippen molar-refractivity contribution in [2.24, 2.45) is 0 Å². The van der Waals surface area contributed by atoms with E-state index in [1.54, 1.807) is 13.8 Å². The molecule has 0 aliphatic carbocycles. The van der Waals surface area contributed by atoms with Crippen LogP contribution in [-0.2, 0) is 19.1 Å². The van der Waals surface area contributed by atoms with Crippen molar-refractivity contribution >= 4 is 17.7 Å². The molecule has 0 aliphatic rings. The molecule has 0 aromatic heterocycles. The van der Waals surface area contributed by atoms with Gasteiger partial charge in [-0.25, -0.2) is 4.79 Å². The van der Waals surface area contributed by atoms with E-state index < -0.39 is 11.9 Å². The lowest BCUT2D eigenvalue weighted by Gasteiger charge is -2.05. The Labute approximate surface area is 94.9 Å². The summed E-state index contributed by atoms with van der Waals surface area (Å²) >= 11 is 0. The second kappa shape index (κ2) is 7.62. The van der Waals surface area contributed by atoms with Crippen LogP contribution in [0.5, 0.6) is 0 Å². The summed E-state index contributed by atoms with van der Waals surface area (Å²) < 4.78 is 9.46. The Balaban J connectivity index is 4.53. The fourth-order valence-corrected chi connectivity index (χ4v) is 1.00. The number of esters is 2. The molecule has 0 aliphatic heterocycles. The van der Waals surface area contributed by atoms with Crippen LogP contribution in [0.25, 0.3) is 0 Å². The molecule has 0 unspecified atom stereocenters. The van der Waals surface area contributed by atoms with Crippen LogP contribution in [0.4, 0.5) is 0 Å². The SMILES string of the molecule is CCOC(=O)CC=C(C(C)=N)C(=O)OCC. The molecular weight excluding hydrogens is 210 g/mol. The van der Waals surface area contributed by atoms with Gasteiger partial charge in [0.15, 0.2) is 0 Å². The van der Waals surface area contributed by atoms with Crippen LogP contribution in [0.3, 0.4) is 0 Å². The Bertz CT molecular complexity index is 307. The minimum absolute atomic E-state index is 0.0296. The van der Waals surface area contributed by atoms with E-state index in [1.807, 2.05) is 0 Å². The summed E-state index contributed by atoms with van der Waals surface area (Å²) in [6.45, 7) is 5.39. The second-order valence-corrected chi connectivity index (χ2v) is 2.97. The minimum Gasteiger partial charge on any atom is -0.466 e. The number of carbonyl (C=O) groups excluding carboxylic acids is 2. The Kier molecular flexibility index (Phi) is 6.83. The molecule has 0 bridgehead atoms. The number of ether oxygens (including phenoxy) is 2. The highest BCUT2D eigenvalue weighted by Crippen LogP contribution is 2.03. The molecule has 5 nitrogen and oxygen atoms in total. The summed E-state index contributed by atoms with van der Waals surface area (Å²) in [5.74, 6) is -1.01. The van der Waals surface area contributed by atoms with Gasteiger partial charge in [0.2, 0.25) is 0 Å². The molecule has 1 N–H and O–H groups in total. The summed E-state index contributed by atoms with van der Waals surface area (Å²) in [5, 5.41) is 7.39. The number of hydrogen-bond acceptors (Lipinski definition) is 5. The number of rotatable bonds is 6. The maximum absolute atomic E-state index is 11.4. The highest BCUT2D eigenvalue weighted by atomic mass is 16.5. The van der Waals surface area contributed by atoms with Crippen LogP contribution in [0.15, 0.2) is 11.6 Å². The summed E-state index contributed by atoms with van der Waals surface area (Å²) in [6.07, 6.45) is 1.33. The molecular formula is C11H17NO4. The molecule has 0 rings (SSSR count). The van der Waals surface area contributed by atoms with Crippen LogP contribution in [0, 0.1) is 5.41 Å². The molecule has 0 aromatic carbocycles. The zero-order valence-corrected chi connectivity index (χ0v) is 9.83. The van der Waals surface area contributed by atoms with Gasteiger partial charge in [-0.15, -0.1) is 0 Å². The number of nitrogens with one attached hydrogen (secondary N) is 1. The Morgan fingerprint density at radius 2 is 1.75 bits per heavy atom. The Morgan fingerprint density at radius 1 is 1.19 bits per heavy atom. The van der Waals surface area contributed by atoms with Gasteiger partial charge in [0.05, 0.1) is 25.2 Å². The standard InChI is InChI=1S/C11H17NO4/c1-4-15-10(13)7-6-9(8(3)12)11(14)16-5-2/h6,12H,4-5,7H2,1-3H3. The average molecular weight is 227 g/mol. The fourth-order valence-electron chi connectivity index (χ4n) is 1.00. The molecule has 0 saturated heterocycles. The van der Waals surface area contributed by atoms with E-state index in [2.05, 4.69) is 0 Å². The van der Waals surface area contributed by atoms with E-state index in [0.29, 0.717) is 6.61 Å². The fraction of sp³-hybridized carbons (Fsp3) is 0.545. The molecule has 0 saturated carbocycles. The maximum atomic E-state index is 11.4. The average Bonchev–Trinajstić information content (AvgIpc) is 2.18. The minimum atomic E-state index is -0.584. The van der Waals surface area contributed by atoms with Crippen molar-refractivity contribution in [1.29, 1.82) is 5.41 Å². The molecule has 0 spiro atoms. The first-order valence-electron chi connectivity index (χ1n) is 5.11. The van der Waals surface area contributed by atoms with E-state index in [4.69, 9.17) is 14.9 Å². The van der Waals surface area contributed by atoms with Gasteiger partial charge in [0, 0.05) is 5.71 Å². The summed E-state index contributed by atoms with van der Waals surface area (Å²) in [6, 6.07) is 0. The van der Waals surface area contributed by atoms with E-state index in [1.165, 1.54) is 13.0 Å². The zero-order chi connectivity index (χ0) is 12.6. The van der Waals surface area contributed by atoms with E-state index in [9.17, 15) is 9.59 Å². The topological polar surface area (TPSA) is 76.5 Å². The number of hydrogen-bond donors (Lipinski definition) is 1. The maximum Gasteiger partial charge on any atom is 0.339 e. The second-order valence-electron chi connectivity index (χ2n) is 2.97. The van der Waals surface area contributed by atoms with Crippen LogP contribution >= 0.6 is 0 Å². The molecule has 0 radical (unpaired) electrons. The zero-order valence-electron chi connectivity index (χ0n) is 9.83. The monoisotopic (exact) mass is 227 g/mol. The third kappa shape index (κ3) is 5.29. The third-order valence-corrected chi connectivity index (χ3v) is 1.68. The molecule has 5 heteroatoms. The lowest BCUT2D eigenvalue weighted by Crippen LogP contribution is -2.14. The number of carbonyl (C=O) groups is 2. The molecule has 0 heterocycles. The first-order chi connectivity index (χ1) is 7.52. The summed E-state index contributed by atoms with van der Waals surface area (Å²) in [5.41, 5.74) is 0.178. The van der Waals surface area contributed by atoms with Crippen molar-refractivity contribution in [3.63, 3.8) is 0 Å². The van der Waals surface area contributed by atoms with Crippen molar-refractivity contribution in [2.75, 3.05) is 13.2 Å². The van der Waals surface area contributed by atoms with Crippen molar-refractivity contribution in [2.45, 2.75) is 27.2 Å². The Hall–Kier alpha value is -1.65. The lowest BCUT2D eigenvalue weighted by molar-refractivity contribution is -0.142. The molecule has 0 atom stereocenters. The first kappa shape index (κ1) is 14.3.